The fourth-order valence-corrected chi connectivity index (χ4v) is 3.66. The van der Waals surface area contributed by atoms with Gasteiger partial charge >= 0.3 is 6.18 Å². The molecule has 9 heteroatoms. The summed E-state index contributed by atoms with van der Waals surface area (Å²) in [5, 5.41) is 2.63. The first-order chi connectivity index (χ1) is 14.7. The second-order valence-electron chi connectivity index (χ2n) is 7.72. The van der Waals surface area contributed by atoms with Crippen LogP contribution in [0.4, 0.5) is 32.0 Å². The van der Waals surface area contributed by atoms with Gasteiger partial charge in [-0.3, -0.25) is 4.79 Å². The van der Waals surface area contributed by atoms with Crippen LogP contribution in [0.1, 0.15) is 58.9 Å². The highest BCUT2D eigenvalue weighted by molar-refractivity contribution is 6.05. The summed E-state index contributed by atoms with van der Waals surface area (Å²) in [7, 11) is 0. The Kier molecular flexibility index (Phi) is 7.34. The van der Waals surface area contributed by atoms with Gasteiger partial charge in [-0.05, 0) is 60.2 Å². The summed E-state index contributed by atoms with van der Waals surface area (Å²) in [5.41, 5.74) is 1.97. The lowest BCUT2D eigenvalue weighted by Crippen LogP contribution is -2.51. The second kappa shape index (κ2) is 9.13. The topological polar surface area (TPSA) is 55.1 Å². The molecule has 0 bridgehead atoms. The minimum atomic E-state index is -5.84. The molecule has 3 N–H and O–H groups in total. The predicted molar refractivity (Wildman–Crippen MR) is 112 cm³/mol. The van der Waals surface area contributed by atoms with Crippen LogP contribution in [0.3, 0.4) is 0 Å². The first-order valence-electron chi connectivity index (χ1n) is 10.1. The fourth-order valence-electron chi connectivity index (χ4n) is 3.66. The molecule has 2 aromatic rings. The highest BCUT2D eigenvalue weighted by atomic mass is 19.4. The molecule has 0 aromatic heterocycles. The number of rotatable bonds is 7. The highest BCUT2D eigenvalue weighted by Crippen LogP contribution is 2.53. The Morgan fingerprint density at radius 3 is 2.00 bits per heavy atom. The van der Waals surface area contributed by atoms with E-state index >= 15 is 0 Å². The number of amides is 1. The second-order valence-corrected chi connectivity index (χ2v) is 7.72. The van der Waals surface area contributed by atoms with Gasteiger partial charge in [-0.15, -0.1) is 0 Å². The summed E-state index contributed by atoms with van der Waals surface area (Å²) in [5.74, 6) is -5.24. The van der Waals surface area contributed by atoms with Crippen LogP contribution in [0, 0.1) is 6.92 Å². The van der Waals surface area contributed by atoms with E-state index in [4.69, 9.17) is 5.73 Å². The van der Waals surface area contributed by atoms with Crippen molar-refractivity contribution in [3.05, 3.63) is 63.7 Å². The van der Waals surface area contributed by atoms with E-state index in [1.54, 1.807) is 25.1 Å². The molecule has 1 atom stereocenters. The zero-order valence-electron chi connectivity index (χ0n) is 18.3. The van der Waals surface area contributed by atoms with Crippen molar-refractivity contribution in [2.45, 2.75) is 64.8 Å². The molecule has 2 aromatic carbocycles. The maximum absolute atomic E-state index is 14.9. The average Bonchev–Trinajstić information content (AvgIpc) is 2.71. The van der Waals surface area contributed by atoms with Gasteiger partial charge < -0.3 is 11.1 Å². The fraction of sp³-hybridized carbons (Fsp3) is 0.435. The van der Waals surface area contributed by atoms with Crippen LogP contribution in [-0.4, -0.2) is 18.0 Å². The van der Waals surface area contributed by atoms with E-state index in [9.17, 15) is 31.1 Å². The highest BCUT2D eigenvalue weighted by Gasteiger charge is 2.70. The first-order valence-corrected chi connectivity index (χ1v) is 10.1. The monoisotopic (exact) mass is 460 g/mol. The normalized spacial score (nSPS) is 14.2. The minimum Gasteiger partial charge on any atom is -0.326 e. The van der Waals surface area contributed by atoms with E-state index in [-0.39, 0.29) is 30.2 Å². The lowest BCUT2D eigenvalue weighted by Gasteiger charge is -2.34. The first kappa shape index (κ1) is 25.7. The number of carbonyl (C=O) groups is 1. The molecular formula is C23H26F6N2O. The van der Waals surface area contributed by atoms with Crippen molar-refractivity contribution >= 4 is 11.6 Å². The zero-order valence-corrected chi connectivity index (χ0v) is 18.3. The maximum atomic E-state index is 14.9. The van der Waals surface area contributed by atoms with Crippen LogP contribution in [0.25, 0.3) is 0 Å². The largest absolute Gasteiger partial charge is 0.432 e. The Balaban J connectivity index is 2.53. The van der Waals surface area contributed by atoms with E-state index in [1.165, 1.54) is 6.92 Å². The summed E-state index contributed by atoms with van der Waals surface area (Å²) in [6.45, 7) is 5.00. The standard InChI is InChI=1S/C23H26F6N2O/c1-5-14-10-16(7-8-17(14)12-30)20(32)31-19-13(3)9-18(11-15(19)6-2)22(26,21(4,24)25)23(27,28)29/h7-11H,5-6,12,30H2,1-4H3,(H,31,32). The van der Waals surface area contributed by atoms with E-state index in [0.29, 0.717) is 24.6 Å². The third kappa shape index (κ3) is 4.62. The molecule has 0 saturated carbocycles. The Hall–Kier alpha value is -2.55. The molecule has 1 amide bonds. The number of hydrogen-bond donors (Lipinski definition) is 2. The van der Waals surface area contributed by atoms with Crippen molar-refractivity contribution in [3.8, 4) is 0 Å². The smallest absolute Gasteiger partial charge is 0.326 e. The van der Waals surface area contributed by atoms with Crippen LogP contribution in [0.2, 0.25) is 0 Å². The van der Waals surface area contributed by atoms with E-state index in [0.717, 1.165) is 17.2 Å². The molecule has 0 spiro atoms. The maximum Gasteiger partial charge on any atom is 0.432 e. The lowest BCUT2D eigenvalue weighted by molar-refractivity contribution is -0.304. The third-order valence-electron chi connectivity index (χ3n) is 5.50. The van der Waals surface area contributed by atoms with Gasteiger partial charge in [0.2, 0.25) is 0 Å². The molecule has 0 aliphatic rings. The van der Waals surface area contributed by atoms with E-state index < -0.39 is 29.2 Å². The number of carbonyl (C=O) groups excluding carboxylic acids is 1. The summed E-state index contributed by atoms with van der Waals surface area (Å²) < 4.78 is 82.7. The number of anilines is 1. The van der Waals surface area contributed by atoms with E-state index in [2.05, 4.69) is 5.32 Å². The molecule has 176 valence electrons. The number of aryl methyl sites for hydroxylation is 3. The molecule has 1 unspecified atom stereocenters. The zero-order chi connectivity index (χ0) is 24.5. The van der Waals surface area contributed by atoms with Gasteiger partial charge in [0, 0.05) is 30.3 Å². The van der Waals surface area contributed by atoms with Crippen LogP contribution in [0.15, 0.2) is 30.3 Å². The number of alkyl halides is 6. The van der Waals surface area contributed by atoms with Gasteiger partial charge in [0.25, 0.3) is 17.5 Å². The lowest BCUT2D eigenvalue weighted by atomic mass is 9.86. The summed E-state index contributed by atoms with van der Waals surface area (Å²) in [4.78, 5) is 12.8. The number of nitrogens with one attached hydrogen (secondary N) is 1. The summed E-state index contributed by atoms with van der Waals surface area (Å²) >= 11 is 0. The van der Waals surface area contributed by atoms with Crippen LogP contribution < -0.4 is 11.1 Å². The Bertz CT molecular complexity index is 981. The van der Waals surface area contributed by atoms with Gasteiger partial charge in [0.15, 0.2) is 0 Å². The number of nitrogens with two attached hydrogens (primary N) is 1. The number of benzene rings is 2. The van der Waals surface area contributed by atoms with Crippen LogP contribution >= 0.6 is 0 Å². The molecule has 0 fully saturated rings. The SMILES string of the molecule is CCc1cc(C(=O)Nc2c(C)cc(C(F)(C(C)(F)F)C(F)(F)F)cc2CC)ccc1CN. The van der Waals surface area contributed by atoms with Gasteiger partial charge in [-0.2, -0.15) is 13.2 Å². The minimum absolute atomic E-state index is 0.0394. The molecule has 0 heterocycles. The summed E-state index contributed by atoms with van der Waals surface area (Å²) in [6, 6.07) is 6.40. The average molecular weight is 460 g/mol. The van der Waals surface area contributed by atoms with E-state index in [1.807, 2.05) is 6.92 Å². The molecule has 3 nitrogen and oxygen atoms in total. The van der Waals surface area contributed by atoms with Crippen molar-refractivity contribution in [1.29, 1.82) is 0 Å². The van der Waals surface area contributed by atoms with Crippen molar-refractivity contribution in [2.24, 2.45) is 5.73 Å². The van der Waals surface area contributed by atoms with Gasteiger partial charge in [0.1, 0.15) is 0 Å². The Morgan fingerprint density at radius 2 is 1.53 bits per heavy atom. The number of hydrogen-bond acceptors (Lipinski definition) is 2. The molecule has 2 rings (SSSR count). The van der Waals surface area contributed by atoms with Gasteiger partial charge in [0.05, 0.1) is 0 Å². The van der Waals surface area contributed by atoms with Crippen LogP contribution in [0.5, 0.6) is 0 Å². The molecule has 0 radical (unpaired) electrons. The molecule has 32 heavy (non-hydrogen) atoms. The molecule has 0 aliphatic heterocycles. The molecular weight excluding hydrogens is 434 g/mol. The van der Waals surface area contributed by atoms with Crippen LogP contribution in [-0.2, 0) is 25.1 Å². The van der Waals surface area contributed by atoms with Crippen molar-refractivity contribution in [2.75, 3.05) is 5.32 Å². The van der Waals surface area contributed by atoms with Crippen molar-refractivity contribution in [1.82, 2.24) is 0 Å². The number of halogens is 6. The Morgan fingerprint density at radius 1 is 0.938 bits per heavy atom. The predicted octanol–water partition coefficient (Wildman–Crippen LogP) is 6.21. The van der Waals surface area contributed by atoms with Crippen molar-refractivity contribution < 1.29 is 31.1 Å². The van der Waals surface area contributed by atoms with Gasteiger partial charge in [-0.25, -0.2) is 13.2 Å². The summed E-state index contributed by atoms with van der Waals surface area (Å²) in [6.07, 6.45) is -5.11. The Labute approximate surface area is 183 Å². The molecule has 0 aliphatic carbocycles. The van der Waals surface area contributed by atoms with Gasteiger partial charge in [-0.1, -0.05) is 26.0 Å². The quantitative estimate of drug-likeness (QED) is 0.483. The molecule has 0 saturated heterocycles. The third-order valence-corrected chi connectivity index (χ3v) is 5.50. The van der Waals surface area contributed by atoms with Crippen molar-refractivity contribution in [3.63, 3.8) is 0 Å².